The molecule has 2 aliphatic rings. The molecule has 0 unspecified atom stereocenters. The number of hydrogen-bond acceptors (Lipinski definition) is 5. The molecule has 3 rings (SSSR count). The van der Waals surface area contributed by atoms with Gasteiger partial charge in [-0.05, 0) is 44.9 Å². The van der Waals surface area contributed by atoms with E-state index in [2.05, 4.69) is 0 Å². The number of carbonyl (C=O) groups is 1. The summed E-state index contributed by atoms with van der Waals surface area (Å²) >= 11 is 0. The molecule has 23 heavy (non-hydrogen) atoms. The fourth-order valence-electron chi connectivity index (χ4n) is 2.96. The fraction of sp³-hybridized carbons (Fsp3) is 0.588. The first kappa shape index (κ1) is 15.9. The molecule has 1 aromatic carbocycles. The molecule has 6 heteroatoms. The summed E-state index contributed by atoms with van der Waals surface area (Å²) in [4.78, 5) is 13.7. The third kappa shape index (κ3) is 3.52. The number of rotatable bonds is 1. The van der Waals surface area contributed by atoms with Crippen LogP contribution in [0.2, 0.25) is 0 Å². The summed E-state index contributed by atoms with van der Waals surface area (Å²) in [7, 11) is 0. The number of aliphatic hydroxyl groups excluding tert-OH is 1. The number of piperidine rings is 1. The highest BCUT2D eigenvalue weighted by molar-refractivity contribution is 5.68. The van der Waals surface area contributed by atoms with Crippen molar-refractivity contribution in [1.29, 1.82) is 0 Å². The molecule has 1 N–H and O–H groups in total. The van der Waals surface area contributed by atoms with E-state index in [1.54, 1.807) is 4.90 Å². The van der Waals surface area contributed by atoms with Crippen molar-refractivity contribution in [2.45, 2.75) is 44.8 Å². The van der Waals surface area contributed by atoms with Gasteiger partial charge in [-0.25, -0.2) is 4.79 Å². The molecule has 6 nitrogen and oxygen atoms in total. The number of carbonyl (C=O) groups excluding carboxylic acids is 1. The largest absolute Gasteiger partial charge is 0.454 e. The van der Waals surface area contributed by atoms with Crippen molar-refractivity contribution in [3.05, 3.63) is 23.8 Å². The zero-order chi connectivity index (χ0) is 16.6. The van der Waals surface area contributed by atoms with Crippen LogP contribution in [0, 0.1) is 0 Å². The first-order valence-corrected chi connectivity index (χ1v) is 7.89. The van der Waals surface area contributed by atoms with Crippen LogP contribution in [0.1, 0.15) is 38.7 Å². The maximum absolute atomic E-state index is 12.1. The Kier molecular flexibility index (Phi) is 4.10. The Morgan fingerprint density at radius 3 is 2.74 bits per heavy atom. The minimum Gasteiger partial charge on any atom is -0.454 e. The number of aliphatic hydroxyl groups is 1. The van der Waals surface area contributed by atoms with Gasteiger partial charge in [0, 0.05) is 12.5 Å². The molecule has 2 atom stereocenters. The second-order valence-corrected chi connectivity index (χ2v) is 7.00. The summed E-state index contributed by atoms with van der Waals surface area (Å²) in [5.74, 6) is 1.42. The Morgan fingerprint density at radius 1 is 1.30 bits per heavy atom. The van der Waals surface area contributed by atoms with Crippen LogP contribution in [0.25, 0.3) is 0 Å². The molecule has 0 radical (unpaired) electrons. The molecular formula is C17H23NO5. The number of amides is 1. The van der Waals surface area contributed by atoms with E-state index in [9.17, 15) is 9.90 Å². The van der Waals surface area contributed by atoms with E-state index < -0.39 is 11.7 Å². The van der Waals surface area contributed by atoms with Crippen molar-refractivity contribution < 1.29 is 24.1 Å². The minimum absolute atomic E-state index is 0.0248. The highest BCUT2D eigenvalue weighted by Crippen LogP contribution is 2.37. The Hall–Kier alpha value is -1.95. The minimum atomic E-state index is -0.628. The molecule has 126 valence electrons. The third-order valence-electron chi connectivity index (χ3n) is 4.06. The second kappa shape index (κ2) is 5.92. The average molecular weight is 321 g/mol. The van der Waals surface area contributed by atoms with Gasteiger partial charge in [0.05, 0.1) is 12.6 Å². The SMILES string of the molecule is CC(C)(C)OC(=O)N1CC[C@@H](c2ccc3c(c2)OCO3)[C@@H](O)C1. The number of benzene rings is 1. The van der Waals surface area contributed by atoms with Crippen LogP contribution in [0.15, 0.2) is 18.2 Å². The zero-order valence-electron chi connectivity index (χ0n) is 13.7. The van der Waals surface area contributed by atoms with Crippen LogP contribution in [0.5, 0.6) is 11.5 Å². The molecule has 0 aromatic heterocycles. The van der Waals surface area contributed by atoms with Crippen LogP contribution < -0.4 is 9.47 Å². The monoisotopic (exact) mass is 321 g/mol. The number of ether oxygens (including phenoxy) is 3. The molecule has 0 bridgehead atoms. The van der Waals surface area contributed by atoms with Crippen molar-refractivity contribution in [2.24, 2.45) is 0 Å². The van der Waals surface area contributed by atoms with E-state index in [0.29, 0.717) is 18.7 Å². The lowest BCUT2D eigenvalue weighted by Crippen LogP contribution is -2.47. The molecule has 0 saturated carbocycles. The van der Waals surface area contributed by atoms with E-state index in [0.717, 1.165) is 11.3 Å². The lowest BCUT2D eigenvalue weighted by molar-refractivity contribution is -0.00153. The van der Waals surface area contributed by atoms with E-state index in [4.69, 9.17) is 14.2 Å². The average Bonchev–Trinajstić information content (AvgIpc) is 2.92. The van der Waals surface area contributed by atoms with E-state index in [1.165, 1.54) is 0 Å². The Labute approximate surface area is 135 Å². The Bertz CT molecular complexity index is 595. The molecule has 1 saturated heterocycles. The van der Waals surface area contributed by atoms with Crippen LogP contribution in [-0.4, -0.2) is 47.7 Å². The van der Waals surface area contributed by atoms with Gasteiger partial charge in [-0.15, -0.1) is 0 Å². The van der Waals surface area contributed by atoms with Crippen LogP contribution in [0.4, 0.5) is 4.79 Å². The molecule has 0 aliphatic carbocycles. The van der Waals surface area contributed by atoms with Crippen molar-refractivity contribution in [2.75, 3.05) is 19.9 Å². The van der Waals surface area contributed by atoms with E-state index in [-0.39, 0.29) is 25.3 Å². The molecular weight excluding hydrogens is 298 g/mol. The maximum Gasteiger partial charge on any atom is 0.410 e. The van der Waals surface area contributed by atoms with Gasteiger partial charge in [-0.2, -0.15) is 0 Å². The van der Waals surface area contributed by atoms with E-state index >= 15 is 0 Å². The first-order valence-electron chi connectivity index (χ1n) is 7.89. The number of fused-ring (bicyclic) bond motifs is 1. The molecule has 2 aliphatic heterocycles. The maximum atomic E-state index is 12.1. The van der Waals surface area contributed by atoms with Gasteiger partial charge in [0.2, 0.25) is 6.79 Å². The summed E-state index contributed by atoms with van der Waals surface area (Å²) < 4.78 is 16.1. The number of β-amino-alcohol motifs (C(OH)–C–C–N with tert-alkyl or cyclic N) is 1. The standard InChI is InChI=1S/C17H23NO5/c1-17(2,3)23-16(20)18-7-6-12(13(19)9-18)11-4-5-14-15(8-11)22-10-21-14/h4-5,8,12-13,19H,6-7,9-10H2,1-3H3/t12-,13-/m0/s1. The van der Waals surface area contributed by atoms with Gasteiger partial charge in [0.1, 0.15) is 5.60 Å². The van der Waals surface area contributed by atoms with Crippen molar-refractivity contribution in [3.63, 3.8) is 0 Å². The van der Waals surface area contributed by atoms with Crippen LogP contribution in [0.3, 0.4) is 0 Å². The molecule has 1 aromatic rings. The van der Waals surface area contributed by atoms with Crippen LogP contribution in [-0.2, 0) is 4.74 Å². The smallest absolute Gasteiger partial charge is 0.410 e. The van der Waals surface area contributed by atoms with Crippen molar-refractivity contribution in [3.8, 4) is 11.5 Å². The zero-order valence-corrected chi connectivity index (χ0v) is 13.7. The Balaban J connectivity index is 1.66. The molecule has 1 fully saturated rings. The second-order valence-electron chi connectivity index (χ2n) is 7.00. The van der Waals surface area contributed by atoms with E-state index in [1.807, 2.05) is 39.0 Å². The Morgan fingerprint density at radius 2 is 2.04 bits per heavy atom. The first-order chi connectivity index (χ1) is 10.8. The summed E-state index contributed by atoms with van der Waals surface area (Å²) in [5, 5.41) is 10.5. The third-order valence-corrected chi connectivity index (χ3v) is 4.06. The highest BCUT2D eigenvalue weighted by atomic mass is 16.7. The van der Waals surface area contributed by atoms with Gasteiger partial charge >= 0.3 is 6.09 Å². The van der Waals surface area contributed by atoms with Gasteiger partial charge < -0.3 is 24.2 Å². The quantitative estimate of drug-likeness (QED) is 0.861. The normalized spacial score (nSPS) is 23.7. The molecule has 0 spiro atoms. The van der Waals surface area contributed by atoms with Gasteiger partial charge in [-0.1, -0.05) is 6.07 Å². The number of nitrogens with zero attached hydrogens (tertiary/aromatic N) is 1. The summed E-state index contributed by atoms with van der Waals surface area (Å²) in [5.41, 5.74) is 0.474. The summed E-state index contributed by atoms with van der Waals surface area (Å²) in [6.07, 6.45) is -0.322. The van der Waals surface area contributed by atoms with Crippen molar-refractivity contribution >= 4 is 6.09 Å². The van der Waals surface area contributed by atoms with Gasteiger partial charge in [-0.3, -0.25) is 0 Å². The molecule has 1 amide bonds. The number of hydrogen-bond donors (Lipinski definition) is 1. The van der Waals surface area contributed by atoms with Gasteiger partial charge in [0.25, 0.3) is 0 Å². The molecule has 2 heterocycles. The fourth-order valence-corrected chi connectivity index (χ4v) is 2.96. The lowest BCUT2D eigenvalue weighted by Gasteiger charge is -2.36. The lowest BCUT2D eigenvalue weighted by atomic mass is 9.87. The summed E-state index contributed by atoms with van der Waals surface area (Å²) in [6.45, 7) is 6.57. The summed E-state index contributed by atoms with van der Waals surface area (Å²) in [6, 6.07) is 5.73. The van der Waals surface area contributed by atoms with Crippen LogP contribution >= 0.6 is 0 Å². The number of likely N-dealkylation sites (tertiary alicyclic amines) is 1. The predicted molar refractivity (Wildman–Crippen MR) is 83.7 cm³/mol. The predicted octanol–water partition coefficient (Wildman–Crippen LogP) is 2.50. The topological polar surface area (TPSA) is 68.2 Å². The van der Waals surface area contributed by atoms with Crippen molar-refractivity contribution in [1.82, 2.24) is 4.90 Å². The van der Waals surface area contributed by atoms with Gasteiger partial charge in [0.15, 0.2) is 11.5 Å². The highest BCUT2D eigenvalue weighted by Gasteiger charge is 2.33.